The van der Waals surface area contributed by atoms with E-state index in [0.717, 1.165) is 10.7 Å². The maximum Gasteiger partial charge on any atom is 0.305 e. The van der Waals surface area contributed by atoms with E-state index in [2.05, 4.69) is 9.72 Å². The number of methoxy groups -OCH3 is 1. The zero-order valence-corrected chi connectivity index (χ0v) is 12.2. The smallest absolute Gasteiger partial charge is 0.305 e. The van der Waals surface area contributed by atoms with Crippen LogP contribution in [0.25, 0.3) is 6.08 Å². The Morgan fingerprint density at radius 1 is 1.53 bits per heavy atom. The monoisotopic (exact) mass is 282 g/mol. The number of likely N-dealkylation sites (N-methyl/N-ethyl adjacent to an activating group) is 1. The molecule has 0 aliphatic carbocycles. The van der Waals surface area contributed by atoms with Gasteiger partial charge in [-0.25, -0.2) is 4.98 Å². The fourth-order valence-corrected chi connectivity index (χ4v) is 1.99. The van der Waals surface area contributed by atoms with Crippen molar-refractivity contribution < 1.29 is 14.3 Å². The molecule has 1 heterocycles. The van der Waals surface area contributed by atoms with Gasteiger partial charge in [-0.2, -0.15) is 0 Å². The van der Waals surface area contributed by atoms with Gasteiger partial charge in [-0.15, -0.1) is 11.3 Å². The van der Waals surface area contributed by atoms with Crippen molar-refractivity contribution in [2.24, 2.45) is 0 Å². The van der Waals surface area contributed by atoms with Crippen molar-refractivity contribution in [1.29, 1.82) is 0 Å². The minimum atomic E-state index is -0.255. The number of rotatable bonds is 6. The molecule has 0 aliphatic heterocycles. The number of esters is 1. The Morgan fingerprint density at radius 2 is 2.26 bits per heavy atom. The molecule has 5 nitrogen and oxygen atoms in total. The van der Waals surface area contributed by atoms with Crippen molar-refractivity contribution in [3.8, 4) is 0 Å². The number of hydrogen-bond acceptors (Lipinski definition) is 5. The van der Waals surface area contributed by atoms with Gasteiger partial charge >= 0.3 is 5.97 Å². The summed E-state index contributed by atoms with van der Waals surface area (Å²) in [5, 5.41) is 2.87. The summed E-state index contributed by atoms with van der Waals surface area (Å²) in [5.74, 6) is -0.357. The molecule has 104 valence electrons. The molecule has 0 unspecified atom stereocenters. The lowest BCUT2D eigenvalue weighted by molar-refractivity contribution is -0.141. The number of aryl methyl sites for hydroxylation is 1. The summed E-state index contributed by atoms with van der Waals surface area (Å²) in [6.07, 6.45) is 4.11. The van der Waals surface area contributed by atoms with Gasteiger partial charge in [-0.1, -0.05) is 0 Å². The molecule has 19 heavy (non-hydrogen) atoms. The van der Waals surface area contributed by atoms with Crippen LogP contribution in [0.1, 0.15) is 23.5 Å². The van der Waals surface area contributed by atoms with Crippen LogP contribution in [0.2, 0.25) is 0 Å². The lowest BCUT2D eigenvalue weighted by Gasteiger charge is -2.14. The van der Waals surface area contributed by atoms with Crippen LogP contribution in [0, 0.1) is 6.92 Å². The highest BCUT2D eigenvalue weighted by molar-refractivity contribution is 7.09. The molecule has 0 fully saturated rings. The largest absolute Gasteiger partial charge is 0.469 e. The third-order valence-electron chi connectivity index (χ3n) is 2.51. The Kier molecular flexibility index (Phi) is 6.21. The first kappa shape index (κ1) is 15.4. The Hall–Kier alpha value is -1.69. The van der Waals surface area contributed by atoms with Gasteiger partial charge in [0.15, 0.2) is 0 Å². The van der Waals surface area contributed by atoms with Crippen molar-refractivity contribution in [1.82, 2.24) is 9.88 Å². The summed E-state index contributed by atoms with van der Waals surface area (Å²) in [6, 6.07) is 0. The van der Waals surface area contributed by atoms with E-state index in [1.807, 2.05) is 12.3 Å². The number of amides is 1. The molecule has 1 aromatic rings. The van der Waals surface area contributed by atoms with Gasteiger partial charge in [0.1, 0.15) is 0 Å². The summed E-state index contributed by atoms with van der Waals surface area (Å²) < 4.78 is 4.54. The fraction of sp³-hybridized carbons (Fsp3) is 0.462. The second-order valence-electron chi connectivity index (χ2n) is 4.06. The molecule has 0 saturated heterocycles. The molecule has 0 radical (unpaired) electrons. The van der Waals surface area contributed by atoms with E-state index in [9.17, 15) is 9.59 Å². The highest BCUT2D eigenvalue weighted by atomic mass is 32.1. The van der Waals surface area contributed by atoms with Crippen LogP contribution in [0.3, 0.4) is 0 Å². The highest BCUT2D eigenvalue weighted by Crippen LogP contribution is 2.09. The third-order valence-corrected chi connectivity index (χ3v) is 3.30. The molecule has 0 atom stereocenters. The van der Waals surface area contributed by atoms with Crippen LogP contribution >= 0.6 is 11.3 Å². The lowest BCUT2D eigenvalue weighted by atomic mass is 10.3. The van der Waals surface area contributed by atoms with E-state index >= 15 is 0 Å². The number of thiazole rings is 1. The number of aromatic nitrogens is 1. The first-order chi connectivity index (χ1) is 9.02. The summed E-state index contributed by atoms with van der Waals surface area (Å²) in [4.78, 5) is 28.5. The minimum Gasteiger partial charge on any atom is -0.469 e. The molecule has 1 amide bonds. The number of ether oxygens (including phenoxy) is 1. The summed E-state index contributed by atoms with van der Waals surface area (Å²) >= 11 is 1.55. The molecule has 0 spiro atoms. The molecule has 1 aromatic heterocycles. The Labute approximate surface area is 116 Å². The maximum absolute atomic E-state index is 11.8. The number of carbonyl (C=O) groups excluding carboxylic acids is 2. The van der Waals surface area contributed by atoms with E-state index in [0.29, 0.717) is 19.4 Å². The average Bonchev–Trinajstić information content (AvgIpc) is 2.81. The molecule has 1 rings (SSSR count). The summed E-state index contributed by atoms with van der Waals surface area (Å²) in [5.41, 5.74) is 0.791. The van der Waals surface area contributed by atoms with Crippen molar-refractivity contribution in [3.63, 3.8) is 0 Å². The van der Waals surface area contributed by atoms with E-state index in [4.69, 9.17) is 0 Å². The van der Waals surface area contributed by atoms with Crippen molar-refractivity contribution in [2.75, 3.05) is 20.7 Å². The van der Waals surface area contributed by atoms with Gasteiger partial charge in [0.05, 0.1) is 17.8 Å². The SMILES string of the molecule is COC(=O)CCCN(C)C(=O)/C=C/c1csc(C)n1. The second kappa shape index (κ2) is 7.68. The van der Waals surface area contributed by atoms with Crippen LogP contribution in [-0.4, -0.2) is 42.5 Å². The van der Waals surface area contributed by atoms with Gasteiger partial charge in [0.25, 0.3) is 0 Å². The molecular weight excluding hydrogens is 264 g/mol. The van der Waals surface area contributed by atoms with Crippen molar-refractivity contribution >= 4 is 29.3 Å². The van der Waals surface area contributed by atoms with Gasteiger partial charge < -0.3 is 9.64 Å². The normalized spacial score (nSPS) is 10.7. The molecule has 0 bridgehead atoms. The molecule has 6 heteroatoms. The Balaban J connectivity index is 2.36. The van der Waals surface area contributed by atoms with Crippen LogP contribution in [-0.2, 0) is 14.3 Å². The highest BCUT2D eigenvalue weighted by Gasteiger charge is 2.06. The quantitative estimate of drug-likeness (QED) is 0.590. The van der Waals surface area contributed by atoms with Gasteiger partial charge in [-0.05, 0) is 19.4 Å². The topological polar surface area (TPSA) is 59.5 Å². The first-order valence-corrected chi connectivity index (χ1v) is 6.83. The predicted octanol–water partition coefficient (Wildman–Crippen LogP) is 1.88. The Bertz CT molecular complexity index is 468. The summed E-state index contributed by atoms with van der Waals surface area (Å²) in [7, 11) is 3.06. The van der Waals surface area contributed by atoms with Crippen LogP contribution in [0.4, 0.5) is 0 Å². The molecule has 0 saturated carbocycles. The van der Waals surface area contributed by atoms with Crippen molar-refractivity contribution in [2.45, 2.75) is 19.8 Å². The number of carbonyl (C=O) groups is 2. The van der Waals surface area contributed by atoms with E-state index in [1.165, 1.54) is 13.2 Å². The molecule has 0 aliphatic rings. The van der Waals surface area contributed by atoms with Gasteiger partial charge in [0.2, 0.25) is 5.91 Å². The van der Waals surface area contributed by atoms with Crippen LogP contribution in [0.15, 0.2) is 11.5 Å². The maximum atomic E-state index is 11.8. The minimum absolute atomic E-state index is 0.101. The first-order valence-electron chi connectivity index (χ1n) is 5.95. The number of hydrogen-bond donors (Lipinski definition) is 0. The van der Waals surface area contributed by atoms with E-state index in [1.54, 1.807) is 29.4 Å². The number of nitrogens with zero attached hydrogens (tertiary/aromatic N) is 2. The zero-order chi connectivity index (χ0) is 14.3. The van der Waals surface area contributed by atoms with Crippen LogP contribution in [0.5, 0.6) is 0 Å². The van der Waals surface area contributed by atoms with Gasteiger partial charge in [-0.3, -0.25) is 9.59 Å². The zero-order valence-electron chi connectivity index (χ0n) is 11.4. The van der Waals surface area contributed by atoms with Crippen LogP contribution < -0.4 is 0 Å². The lowest BCUT2D eigenvalue weighted by Crippen LogP contribution is -2.26. The summed E-state index contributed by atoms with van der Waals surface area (Å²) in [6.45, 7) is 2.44. The molecular formula is C13H18N2O3S. The molecule has 0 N–H and O–H groups in total. The van der Waals surface area contributed by atoms with Gasteiger partial charge in [0, 0.05) is 31.5 Å². The fourth-order valence-electron chi connectivity index (χ4n) is 1.41. The molecule has 0 aromatic carbocycles. The standard InChI is InChI=1S/C13H18N2O3S/c1-10-14-11(9-19-10)6-7-12(16)15(2)8-4-5-13(17)18-3/h6-7,9H,4-5,8H2,1-3H3/b7-6+. The van der Waals surface area contributed by atoms with E-state index in [-0.39, 0.29) is 11.9 Å². The third kappa shape index (κ3) is 5.65. The second-order valence-corrected chi connectivity index (χ2v) is 5.13. The average molecular weight is 282 g/mol. The Morgan fingerprint density at radius 3 is 2.84 bits per heavy atom. The van der Waals surface area contributed by atoms with E-state index < -0.39 is 0 Å². The predicted molar refractivity (Wildman–Crippen MR) is 74.8 cm³/mol. The van der Waals surface area contributed by atoms with Crippen molar-refractivity contribution in [3.05, 3.63) is 22.2 Å².